The monoisotopic (exact) mass is 462 g/mol. The third-order valence-corrected chi connectivity index (χ3v) is 8.15. The van der Waals surface area contributed by atoms with Crippen LogP contribution in [0.2, 0.25) is 4.34 Å². The topological polar surface area (TPSA) is 66.5 Å². The van der Waals surface area contributed by atoms with E-state index in [1.165, 1.54) is 10.4 Å². The van der Waals surface area contributed by atoms with Crippen LogP contribution in [0.4, 0.5) is 5.69 Å². The first kappa shape index (κ1) is 18.8. The summed E-state index contributed by atoms with van der Waals surface area (Å²) in [6.45, 7) is 0.656. The summed E-state index contributed by atoms with van der Waals surface area (Å²) in [5.74, 6) is -0.272. The molecule has 5 nitrogen and oxygen atoms in total. The minimum Gasteiger partial charge on any atom is -0.326 e. The fourth-order valence-corrected chi connectivity index (χ4v) is 6.24. The Kier molecular flexibility index (Phi) is 5.85. The van der Waals surface area contributed by atoms with Gasteiger partial charge in [0.1, 0.15) is 4.21 Å². The van der Waals surface area contributed by atoms with Crippen molar-refractivity contribution in [3.8, 4) is 0 Å². The van der Waals surface area contributed by atoms with Crippen molar-refractivity contribution in [1.82, 2.24) is 4.31 Å². The number of carbonyl (C=O) groups is 1. The number of anilines is 1. The number of hydrogen-bond acceptors (Lipinski definition) is 4. The summed E-state index contributed by atoms with van der Waals surface area (Å²) in [4.78, 5) is 12.4. The van der Waals surface area contributed by atoms with Crippen molar-refractivity contribution in [2.75, 3.05) is 18.4 Å². The molecule has 25 heavy (non-hydrogen) atoms. The number of benzene rings is 1. The zero-order valence-corrected chi connectivity index (χ0v) is 17.1. The van der Waals surface area contributed by atoms with Crippen LogP contribution in [0, 0.1) is 5.92 Å². The second-order valence-corrected chi connectivity index (χ2v) is 10.5. The average Bonchev–Trinajstić information content (AvgIpc) is 3.02. The number of sulfonamides is 1. The highest BCUT2D eigenvalue weighted by atomic mass is 79.9. The van der Waals surface area contributed by atoms with Crippen LogP contribution in [0.3, 0.4) is 0 Å². The van der Waals surface area contributed by atoms with Crippen molar-refractivity contribution in [1.29, 1.82) is 0 Å². The molecule has 1 aliphatic heterocycles. The van der Waals surface area contributed by atoms with Gasteiger partial charge in [0.2, 0.25) is 5.91 Å². The molecule has 0 saturated carbocycles. The Balaban J connectivity index is 1.61. The summed E-state index contributed by atoms with van der Waals surface area (Å²) < 4.78 is 28.2. The Morgan fingerprint density at radius 3 is 2.56 bits per heavy atom. The van der Waals surface area contributed by atoms with Crippen molar-refractivity contribution >= 4 is 60.5 Å². The Labute approximate surface area is 164 Å². The number of halogens is 2. The molecule has 2 heterocycles. The molecule has 0 spiro atoms. The van der Waals surface area contributed by atoms with E-state index in [-0.39, 0.29) is 16.0 Å². The highest BCUT2D eigenvalue weighted by Gasteiger charge is 2.32. The predicted octanol–water partition coefficient (Wildman–Crippen LogP) is 4.20. The highest BCUT2D eigenvalue weighted by molar-refractivity contribution is 9.10. The molecule has 1 aromatic heterocycles. The molecule has 0 bridgehead atoms. The molecule has 1 fully saturated rings. The lowest BCUT2D eigenvalue weighted by Gasteiger charge is -2.30. The van der Waals surface area contributed by atoms with E-state index in [0.717, 1.165) is 21.5 Å². The lowest BCUT2D eigenvalue weighted by Crippen LogP contribution is -2.41. The van der Waals surface area contributed by atoms with Gasteiger partial charge in [-0.2, -0.15) is 4.31 Å². The van der Waals surface area contributed by atoms with Crippen molar-refractivity contribution in [3.05, 3.63) is 45.2 Å². The maximum atomic E-state index is 12.6. The molecule has 0 atom stereocenters. The molecule has 3 rings (SSSR count). The largest absolute Gasteiger partial charge is 0.326 e. The molecule has 1 aromatic carbocycles. The van der Waals surface area contributed by atoms with Crippen molar-refractivity contribution < 1.29 is 13.2 Å². The van der Waals surface area contributed by atoms with Gasteiger partial charge in [0, 0.05) is 29.2 Å². The van der Waals surface area contributed by atoms with Gasteiger partial charge in [0.05, 0.1) is 4.34 Å². The SMILES string of the molecule is O=C(Nc1cccc(Br)c1)C1CCN(S(=O)(=O)c2ccc(Cl)s2)CC1. The zero-order valence-electron chi connectivity index (χ0n) is 13.1. The molecule has 1 N–H and O–H groups in total. The summed E-state index contributed by atoms with van der Waals surface area (Å²) in [6.07, 6.45) is 0.996. The Morgan fingerprint density at radius 2 is 1.96 bits per heavy atom. The molecular formula is C16H16BrClN2O3S2. The maximum Gasteiger partial charge on any atom is 0.252 e. The van der Waals surface area contributed by atoms with Gasteiger partial charge < -0.3 is 5.32 Å². The van der Waals surface area contributed by atoms with Crippen LogP contribution >= 0.6 is 38.9 Å². The van der Waals surface area contributed by atoms with Crippen molar-refractivity contribution in [2.45, 2.75) is 17.1 Å². The average molecular weight is 464 g/mol. The third kappa shape index (κ3) is 4.43. The van der Waals surface area contributed by atoms with Crippen LogP contribution in [0.25, 0.3) is 0 Å². The van der Waals surface area contributed by atoms with Crippen LogP contribution in [0.1, 0.15) is 12.8 Å². The van der Waals surface area contributed by atoms with Crippen LogP contribution in [0.5, 0.6) is 0 Å². The summed E-state index contributed by atoms with van der Waals surface area (Å²) in [7, 11) is -3.53. The van der Waals surface area contributed by atoms with Gasteiger partial charge in [-0.05, 0) is 43.2 Å². The molecule has 0 radical (unpaired) electrons. The first-order chi connectivity index (χ1) is 11.9. The number of rotatable bonds is 4. The minimum atomic E-state index is -3.53. The fourth-order valence-electron chi connectivity index (χ4n) is 2.73. The van der Waals surface area contributed by atoms with Crippen molar-refractivity contribution in [3.63, 3.8) is 0 Å². The van der Waals surface area contributed by atoms with E-state index < -0.39 is 10.0 Å². The quantitative estimate of drug-likeness (QED) is 0.739. The number of piperidine rings is 1. The summed E-state index contributed by atoms with van der Waals surface area (Å²) >= 11 is 10.3. The molecule has 9 heteroatoms. The molecule has 134 valence electrons. The van der Waals surface area contributed by atoms with Gasteiger partial charge in [-0.3, -0.25) is 4.79 Å². The van der Waals surface area contributed by atoms with Crippen molar-refractivity contribution in [2.24, 2.45) is 5.92 Å². The molecule has 0 unspecified atom stereocenters. The Hall–Kier alpha value is -0.930. The van der Waals surface area contributed by atoms with Gasteiger partial charge >= 0.3 is 0 Å². The smallest absolute Gasteiger partial charge is 0.252 e. The lowest BCUT2D eigenvalue weighted by molar-refractivity contribution is -0.120. The molecule has 1 saturated heterocycles. The van der Waals surface area contributed by atoms with Gasteiger partial charge in [-0.15, -0.1) is 11.3 Å². The van der Waals surface area contributed by atoms with Crippen LogP contribution in [0.15, 0.2) is 45.1 Å². The molecule has 1 amide bonds. The summed E-state index contributed by atoms with van der Waals surface area (Å²) in [5, 5.41) is 2.89. The van der Waals surface area contributed by atoms with E-state index in [1.807, 2.05) is 24.3 Å². The van der Waals surface area contributed by atoms with Crippen LogP contribution < -0.4 is 5.32 Å². The molecule has 0 aliphatic carbocycles. The zero-order chi connectivity index (χ0) is 18.0. The van der Waals surface area contributed by atoms with Crippen LogP contribution in [-0.4, -0.2) is 31.7 Å². The normalized spacial score (nSPS) is 16.7. The molecular weight excluding hydrogens is 448 g/mol. The minimum absolute atomic E-state index is 0.0747. The number of nitrogens with zero attached hydrogens (tertiary/aromatic N) is 1. The van der Waals surface area contributed by atoms with E-state index in [4.69, 9.17) is 11.6 Å². The van der Waals surface area contributed by atoms with E-state index in [1.54, 1.807) is 6.07 Å². The van der Waals surface area contributed by atoms with E-state index in [2.05, 4.69) is 21.2 Å². The number of hydrogen-bond donors (Lipinski definition) is 1. The standard InChI is InChI=1S/C16H16BrClN2O3S2/c17-12-2-1-3-13(10-12)19-16(21)11-6-8-20(9-7-11)25(22,23)15-5-4-14(18)24-15/h1-5,10-11H,6-9H2,(H,19,21). The molecule has 1 aliphatic rings. The fraction of sp³-hybridized carbons (Fsp3) is 0.312. The predicted molar refractivity (Wildman–Crippen MR) is 104 cm³/mol. The summed E-state index contributed by atoms with van der Waals surface area (Å²) in [6, 6.07) is 10.5. The van der Waals surface area contributed by atoms with Gasteiger partial charge in [0.25, 0.3) is 10.0 Å². The first-order valence-corrected chi connectivity index (χ1v) is 11.1. The second-order valence-electron chi connectivity index (χ2n) is 5.74. The van der Waals surface area contributed by atoms with E-state index in [0.29, 0.717) is 30.3 Å². The maximum absolute atomic E-state index is 12.6. The third-order valence-electron chi connectivity index (χ3n) is 4.06. The van der Waals surface area contributed by atoms with Crippen LogP contribution in [-0.2, 0) is 14.8 Å². The van der Waals surface area contributed by atoms with Gasteiger partial charge in [0.15, 0.2) is 0 Å². The number of amides is 1. The van der Waals surface area contributed by atoms with Gasteiger partial charge in [-0.25, -0.2) is 8.42 Å². The highest BCUT2D eigenvalue weighted by Crippen LogP contribution is 2.31. The second kappa shape index (κ2) is 7.75. The van der Waals surface area contributed by atoms with Gasteiger partial charge in [-0.1, -0.05) is 33.6 Å². The lowest BCUT2D eigenvalue weighted by atomic mass is 9.97. The Morgan fingerprint density at radius 1 is 1.24 bits per heavy atom. The molecule has 2 aromatic rings. The summed E-state index contributed by atoms with van der Waals surface area (Å²) in [5.41, 5.74) is 0.725. The number of thiophene rings is 1. The Bertz CT molecular complexity index is 877. The van der Waals surface area contributed by atoms with E-state index in [9.17, 15) is 13.2 Å². The van der Waals surface area contributed by atoms with E-state index >= 15 is 0 Å². The number of nitrogens with one attached hydrogen (secondary N) is 1. The number of carbonyl (C=O) groups excluding carboxylic acids is 1. The first-order valence-electron chi connectivity index (χ1n) is 7.68.